The Morgan fingerprint density at radius 2 is 1.72 bits per heavy atom. The summed E-state index contributed by atoms with van der Waals surface area (Å²) in [6.07, 6.45) is 1.67. The molecule has 0 bridgehead atoms. The molecule has 0 spiro atoms. The maximum absolute atomic E-state index is 13.2. The van der Waals surface area contributed by atoms with Crippen molar-refractivity contribution in [3.63, 3.8) is 0 Å². The Hall–Kier alpha value is -3.48. The molecule has 1 fully saturated rings. The zero-order valence-electron chi connectivity index (χ0n) is 17.3. The fourth-order valence-electron chi connectivity index (χ4n) is 3.58. The van der Waals surface area contributed by atoms with Gasteiger partial charge in [-0.05, 0) is 60.2 Å². The first kappa shape index (κ1) is 21.7. The number of anilines is 2. The van der Waals surface area contributed by atoms with Gasteiger partial charge in [0.05, 0.1) is 16.5 Å². The van der Waals surface area contributed by atoms with Crippen molar-refractivity contribution in [2.24, 2.45) is 0 Å². The first-order chi connectivity index (χ1) is 15.4. The van der Waals surface area contributed by atoms with Crippen LogP contribution < -0.4 is 14.5 Å². The fraction of sp³-hybridized carbons (Fsp3) is 0.217. The van der Waals surface area contributed by atoms with Crippen molar-refractivity contribution in [3.05, 3.63) is 83.8 Å². The molecule has 1 aromatic heterocycles. The van der Waals surface area contributed by atoms with Crippen LogP contribution in [0.15, 0.2) is 71.8 Å². The Balaban J connectivity index is 1.38. The van der Waals surface area contributed by atoms with Gasteiger partial charge >= 0.3 is 0 Å². The van der Waals surface area contributed by atoms with Gasteiger partial charge in [-0.15, -0.1) is 0 Å². The van der Waals surface area contributed by atoms with E-state index in [1.165, 1.54) is 24.3 Å². The first-order valence-electron chi connectivity index (χ1n) is 10.1. The van der Waals surface area contributed by atoms with Gasteiger partial charge in [0, 0.05) is 44.6 Å². The van der Waals surface area contributed by atoms with Gasteiger partial charge in [0.15, 0.2) is 0 Å². The van der Waals surface area contributed by atoms with Crippen LogP contribution in [0.3, 0.4) is 0 Å². The van der Waals surface area contributed by atoms with Gasteiger partial charge in [-0.2, -0.15) is 5.26 Å². The molecule has 1 aliphatic heterocycles. The summed E-state index contributed by atoms with van der Waals surface area (Å²) >= 11 is 0. The first-order valence-corrected chi connectivity index (χ1v) is 11.6. The molecular formula is C23H22FN5O2S. The number of hydrogen-bond donors (Lipinski definition) is 1. The molecule has 2 aromatic carbocycles. The molecule has 9 heteroatoms. The van der Waals surface area contributed by atoms with Crippen LogP contribution in [0.5, 0.6) is 0 Å². The summed E-state index contributed by atoms with van der Waals surface area (Å²) in [5, 5.41) is 8.99. The summed E-state index contributed by atoms with van der Waals surface area (Å²) in [5.41, 5.74) is 2.07. The Labute approximate surface area is 186 Å². The van der Waals surface area contributed by atoms with Gasteiger partial charge in [0.2, 0.25) is 10.0 Å². The predicted octanol–water partition coefficient (Wildman–Crippen LogP) is 2.90. The highest BCUT2D eigenvalue weighted by Crippen LogP contribution is 2.20. The largest absolute Gasteiger partial charge is 0.368 e. The lowest BCUT2D eigenvalue weighted by atomic mass is 10.2. The SMILES string of the molecule is N#Cc1cccc(S(=O)(=O)NCc2ccnc(N3CCN(c4ccc(F)cc4)CC3)c2)c1. The van der Waals surface area contributed by atoms with Crippen molar-refractivity contribution >= 4 is 21.5 Å². The highest BCUT2D eigenvalue weighted by atomic mass is 32.2. The lowest BCUT2D eigenvalue weighted by Gasteiger charge is -2.36. The number of piperazine rings is 1. The lowest BCUT2D eigenvalue weighted by molar-refractivity contribution is 0.581. The van der Waals surface area contributed by atoms with E-state index in [1.54, 1.807) is 36.5 Å². The predicted molar refractivity (Wildman–Crippen MR) is 120 cm³/mol. The van der Waals surface area contributed by atoms with E-state index < -0.39 is 10.0 Å². The van der Waals surface area contributed by atoms with Crippen molar-refractivity contribution in [3.8, 4) is 6.07 Å². The van der Waals surface area contributed by atoms with Gasteiger partial charge in [-0.3, -0.25) is 0 Å². The Kier molecular flexibility index (Phi) is 6.35. The third-order valence-corrected chi connectivity index (χ3v) is 6.74. The molecule has 7 nitrogen and oxygen atoms in total. The van der Waals surface area contributed by atoms with Gasteiger partial charge in [0.25, 0.3) is 0 Å². The maximum atomic E-state index is 13.2. The minimum Gasteiger partial charge on any atom is -0.368 e. The van der Waals surface area contributed by atoms with E-state index in [2.05, 4.69) is 19.5 Å². The topological polar surface area (TPSA) is 89.3 Å². The number of pyridine rings is 1. The Morgan fingerprint density at radius 3 is 2.44 bits per heavy atom. The monoisotopic (exact) mass is 451 g/mol. The fourth-order valence-corrected chi connectivity index (χ4v) is 4.65. The number of sulfonamides is 1. The van der Waals surface area contributed by atoms with E-state index in [-0.39, 0.29) is 17.3 Å². The van der Waals surface area contributed by atoms with Crippen LogP contribution in [0, 0.1) is 17.1 Å². The molecule has 0 atom stereocenters. The van der Waals surface area contributed by atoms with Crippen molar-refractivity contribution in [2.75, 3.05) is 36.0 Å². The quantitative estimate of drug-likeness (QED) is 0.620. The van der Waals surface area contributed by atoms with E-state index in [9.17, 15) is 12.8 Å². The van der Waals surface area contributed by atoms with Crippen LogP contribution in [0.4, 0.5) is 15.9 Å². The molecule has 0 saturated carbocycles. The maximum Gasteiger partial charge on any atom is 0.240 e. The van der Waals surface area contributed by atoms with E-state index >= 15 is 0 Å². The third-order valence-electron chi connectivity index (χ3n) is 5.35. The molecule has 1 saturated heterocycles. The number of nitrogens with zero attached hydrogens (tertiary/aromatic N) is 4. The molecule has 0 amide bonds. The third kappa shape index (κ3) is 5.04. The van der Waals surface area contributed by atoms with Gasteiger partial charge in [-0.1, -0.05) is 6.07 Å². The molecule has 1 N–H and O–H groups in total. The zero-order chi connectivity index (χ0) is 22.6. The van der Waals surface area contributed by atoms with E-state index in [0.717, 1.165) is 43.2 Å². The van der Waals surface area contributed by atoms with Crippen LogP contribution in [-0.2, 0) is 16.6 Å². The second-order valence-electron chi connectivity index (χ2n) is 7.44. The average Bonchev–Trinajstić information content (AvgIpc) is 2.84. The number of nitriles is 1. The molecule has 0 radical (unpaired) electrons. The number of aromatic nitrogens is 1. The molecule has 0 aliphatic carbocycles. The molecular weight excluding hydrogens is 429 g/mol. The van der Waals surface area contributed by atoms with Crippen molar-refractivity contribution < 1.29 is 12.8 Å². The average molecular weight is 452 g/mol. The van der Waals surface area contributed by atoms with E-state index in [4.69, 9.17) is 5.26 Å². The Bertz CT molecular complexity index is 1230. The molecule has 164 valence electrons. The van der Waals surface area contributed by atoms with Crippen molar-refractivity contribution in [1.29, 1.82) is 5.26 Å². The van der Waals surface area contributed by atoms with Crippen LogP contribution in [0.2, 0.25) is 0 Å². The number of rotatable bonds is 6. The summed E-state index contributed by atoms with van der Waals surface area (Å²) in [6.45, 7) is 3.17. The van der Waals surface area contributed by atoms with Crippen molar-refractivity contribution in [2.45, 2.75) is 11.4 Å². The molecule has 2 heterocycles. The van der Waals surface area contributed by atoms with Gasteiger partial charge in [-0.25, -0.2) is 22.5 Å². The summed E-state index contributed by atoms with van der Waals surface area (Å²) < 4.78 is 40.9. The zero-order valence-corrected chi connectivity index (χ0v) is 18.1. The molecule has 4 rings (SSSR count). The van der Waals surface area contributed by atoms with Gasteiger partial charge in [0.1, 0.15) is 11.6 Å². The van der Waals surface area contributed by atoms with Crippen LogP contribution in [0.25, 0.3) is 0 Å². The van der Waals surface area contributed by atoms with Gasteiger partial charge < -0.3 is 9.80 Å². The second kappa shape index (κ2) is 9.34. The Morgan fingerprint density at radius 1 is 1.00 bits per heavy atom. The van der Waals surface area contributed by atoms with Crippen LogP contribution >= 0.6 is 0 Å². The number of benzene rings is 2. The van der Waals surface area contributed by atoms with Crippen molar-refractivity contribution in [1.82, 2.24) is 9.71 Å². The summed E-state index contributed by atoms with van der Waals surface area (Å²) in [4.78, 5) is 8.85. The van der Waals surface area contributed by atoms with E-state index in [0.29, 0.717) is 5.56 Å². The second-order valence-corrected chi connectivity index (χ2v) is 9.20. The molecule has 32 heavy (non-hydrogen) atoms. The molecule has 0 unspecified atom stereocenters. The highest BCUT2D eigenvalue weighted by Gasteiger charge is 2.19. The van der Waals surface area contributed by atoms with Crippen LogP contribution in [0.1, 0.15) is 11.1 Å². The summed E-state index contributed by atoms with van der Waals surface area (Å²) in [6, 6.07) is 18.0. The minimum atomic E-state index is -3.74. The minimum absolute atomic E-state index is 0.0581. The summed E-state index contributed by atoms with van der Waals surface area (Å²) in [5.74, 6) is 0.536. The van der Waals surface area contributed by atoms with Crippen LogP contribution in [-0.4, -0.2) is 39.6 Å². The molecule has 1 aliphatic rings. The standard InChI is InChI=1S/C23H22FN5O2S/c24-20-4-6-21(7-5-20)28-10-12-29(13-11-28)23-15-19(8-9-26-23)17-27-32(30,31)22-3-1-2-18(14-22)16-25/h1-9,14-15,27H,10-13,17H2. The smallest absolute Gasteiger partial charge is 0.240 e. The number of halogens is 1. The number of hydrogen-bond acceptors (Lipinski definition) is 6. The normalized spacial score (nSPS) is 14.2. The lowest BCUT2D eigenvalue weighted by Crippen LogP contribution is -2.46. The summed E-state index contributed by atoms with van der Waals surface area (Å²) in [7, 11) is -3.74. The van der Waals surface area contributed by atoms with E-state index in [1.807, 2.05) is 12.1 Å². The molecule has 3 aromatic rings. The highest BCUT2D eigenvalue weighted by molar-refractivity contribution is 7.89. The number of nitrogens with one attached hydrogen (secondary N) is 1.